The van der Waals surface area contributed by atoms with Crippen molar-refractivity contribution in [2.24, 2.45) is 0 Å². The van der Waals surface area contributed by atoms with Crippen molar-refractivity contribution in [3.8, 4) is 0 Å². The minimum atomic E-state index is -3.19. The Morgan fingerprint density at radius 1 is 1.33 bits per heavy atom. The Morgan fingerprint density at radius 3 is 2.71 bits per heavy atom. The molecule has 1 aromatic carbocycles. The molecule has 1 aliphatic rings. The van der Waals surface area contributed by atoms with Crippen LogP contribution in [0.1, 0.15) is 25.0 Å². The van der Waals surface area contributed by atoms with Gasteiger partial charge in [0.1, 0.15) is 0 Å². The van der Waals surface area contributed by atoms with E-state index in [9.17, 15) is 8.42 Å². The molecule has 0 aromatic heterocycles. The molecule has 0 aliphatic carbocycles. The first-order chi connectivity index (χ1) is 9.66. The molecule has 1 aromatic rings. The Morgan fingerprint density at radius 2 is 2.05 bits per heavy atom. The van der Waals surface area contributed by atoms with Gasteiger partial charge in [-0.3, -0.25) is 0 Å². The lowest BCUT2D eigenvalue weighted by molar-refractivity contribution is 0.421. The van der Waals surface area contributed by atoms with Crippen LogP contribution in [0.15, 0.2) is 18.2 Å². The molecular weight excluding hydrogens is 286 g/mol. The SMILES string of the molecule is CN1CCc2cc(CNCC(C)(C)NS(C)(=O)=O)ccc21. The third-order valence-corrected chi connectivity index (χ3v) is 4.55. The van der Waals surface area contributed by atoms with Crippen LogP contribution >= 0.6 is 0 Å². The number of likely N-dealkylation sites (N-methyl/N-ethyl adjacent to an activating group) is 1. The molecule has 1 aliphatic heterocycles. The molecule has 2 N–H and O–H groups in total. The summed E-state index contributed by atoms with van der Waals surface area (Å²) in [6, 6.07) is 6.53. The largest absolute Gasteiger partial charge is 0.374 e. The topological polar surface area (TPSA) is 61.4 Å². The molecule has 21 heavy (non-hydrogen) atoms. The number of hydrogen-bond donors (Lipinski definition) is 2. The van der Waals surface area contributed by atoms with E-state index in [4.69, 9.17) is 0 Å². The van der Waals surface area contributed by atoms with Gasteiger partial charge in [-0.15, -0.1) is 0 Å². The number of nitrogens with zero attached hydrogens (tertiary/aromatic N) is 1. The van der Waals surface area contributed by atoms with E-state index in [1.54, 1.807) is 0 Å². The number of fused-ring (bicyclic) bond motifs is 1. The monoisotopic (exact) mass is 311 g/mol. The zero-order valence-corrected chi connectivity index (χ0v) is 14.0. The minimum Gasteiger partial charge on any atom is -0.374 e. The Hall–Kier alpha value is -1.11. The number of benzene rings is 1. The van der Waals surface area contributed by atoms with Crippen molar-refractivity contribution < 1.29 is 8.42 Å². The highest BCUT2D eigenvalue weighted by molar-refractivity contribution is 7.88. The summed E-state index contributed by atoms with van der Waals surface area (Å²) in [6.07, 6.45) is 2.28. The Kier molecular flexibility index (Phi) is 4.60. The van der Waals surface area contributed by atoms with Gasteiger partial charge >= 0.3 is 0 Å². The van der Waals surface area contributed by atoms with Crippen LogP contribution < -0.4 is 14.9 Å². The molecule has 0 amide bonds. The van der Waals surface area contributed by atoms with E-state index in [0.717, 1.165) is 19.5 Å². The molecule has 6 heteroatoms. The number of nitrogens with one attached hydrogen (secondary N) is 2. The van der Waals surface area contributed by atoms with E-state index < -0.39 is 15.6 Å². The fourth-order valence-corrected chi connectivity index (χ4v) is 3.86. The van der Waals surface area contributed by atoms with Crippen molar-refractivity contribution in [1.82, 2.24) is 10.0 Å². The Labute approximate surface area is 127 Å². The molecule has 0 bridgehead atoms. The van der Waals surface area contributed by atoms with E-state index in [1.807, 2.05) is 13.8 Å². The first kappa shape index (κ1) is 16.3. The van der Waals surface area contributed by atoms with Crippen LogP contribution in [0, 0.1) is 0 Å². The van der Waals surface area contributed by atoms with Crippen LogP contribution in [0.4, 0.5) is 5.69 Å². The van der Waals surface area contributed by atoms with Crippen molar-refractivity contribution in [2.45, 2.75) is 32.4 Å². The highest BCUT2D eigenvalue weighted by atomic mass is 32.2. The fourth-order valence-electron chi connectivity index (χ4n) is 2.79. The van der Waals surface area contributed by atoms with Crippen molar-refractivity contribution in [2.75, 3.05) is 31.3 Å². The fraction of sp³-hybridized carbons (Fsp3) is 0.600. The molecule has 0 spiro atoms. The van der Waals surface area contributed by atoms with Gasteiger partial charge in [0.15, 0.2) is 0 Å². The van der Waals surface area contributed by atoms with Gasteiger partial charge in [0.05, 0.1) is 6.26 Å². The predicted molar refractivity (Wildman–Crippen MR) is 87.2 cm³/mol. The van der Waals surface area contributed by atoms with E-state index in [-0.39, 0.29) is 0 Å². The van der Waals surface area contributed by atoms with Crippen LogP contribution in [0.25, 0.3) is 0 Å². The first-order valence-electron chi connectivity index (χ1n) is 7.19. The lowest BCUT2D eigenvalue weighted by atomic mass is 10.1. The molecule has 0 saturated carbocycles. The summed E-state index contributed by atoms with van der Waals surface area (Å²) in [6.45, 7) is 6.15. The van der Waals surface area contributed by atoms with Crippen LogP contribution in [-0.4, -0.2) is 40.3 Å². The number of sulfonamides is 1. The predicted octanol–water partition coefficient (Wildman–Crippen LogP) is 1.10. The van der Waals surface area contributed by atoms with Gasteiger partial charge in [-0.05, 0) is 37.5 Å². The van der Waals surface area contributed by atoms with Gasteiger partial charge in [0, 0.05) is 37.9 Å². The summed E-state index contributed by atoms with van der Waals surface area (Å²) in [4.78, 5) is 2.27. The lowest BCUT2D eigenvalue weighted by Gasteiger charge is -2.25. The van der Waals surface area contributed by atoms with Crippen LogP contribution in [0.3, 0.4) is 0 Å². The maximum Gasteiger partial charge on any atom is 0.209 e. The van der Waals surface area contributed by atoms with Crippen molar-refractivity contribution >= 4 is 15.7 Å². The maximum absolute atomic E-state index is 11.3. The normalized spacial score (nSPS) is 15.3. The van der Waals surface area contributed by atoms with Crippen LogP contribution in [0.5, 0.6) is 0 Å². The second-order valence-electron chi connectivity index (χ2n) is 6.50. The highest BCUT2D eigenvalue weighted by Crippen LogP contribution is 2.27. The summed E-state index contributed by atoms with van der Waals surface area (Å²) in [5, 5.41) is 3.33. The third kappa shape index (κ3) is 4.69. The zero-order chi connectivity index (χ0) is 15.7. The summed E-state index contributed by atoms with van der Waals surface area (Å²) in [5.41, 5.74) is 3.45. The molecule has 5 nitrogen and oxygen atoms in total. The van der Waals surface area contributed by atoms with Crippen molar-refractivity contribution in [3.05, 3.63) is 29.3 Å². The average molecular weight is 311 g/mol. The molecule has 0 unspecified atom stereocenters. The standard InChI is InChI=1S/C15H25N3O2S/c1-15(2,17-21(4,19)20)11-16-10-12-5-6-14-13(9-12)7-8-18(14)3/h5-6,9,16-17H,7-8,10-11H2,1-4H3. The summed E-state index contributed by atoms with van der Waals surface area (Å²) in [7, 11) is -1.07. The molecule has 1 heterocycles. The minimum absolute atomic E-state index is 0.496. The highest BCUT2D eigenvalue weighted by Gasteiger charge is 2.21. The molecule has 0 fully saturated rings. The molecule has 2 rings (SSSR count). The lowest BCUT2D eigenvalue weighted by Crippen LogP contribution is -2.49. The van der Waals surface area contributed by atoms with Gasteiger partial charge in [0.2, 0.25) is 10.0 Å². The second kappa shape index (κ2) is 5.94. The molecule has 0 atom stereocenters. The molecule has 118 valence electrons. The van der Waals surface area contributed by atoms with E-state index >= 15 is 0 Å². The van der Waals surface area contributed by atoms with Gasteiger partial charge in [-0.25, -0.2) is 13.1 Å². The van der Waals surface area contributed by atoms with E-state index in [1.165, 1.54) is 23.1 Å². The smallest absolute Gasteiger partial charge is 0.209 e. The van der Waals surface area contributed by atoms with Gasteiger partial charge in [-0.2, -0.15) is 0 Å². The number of hydrogen-bond acceptors (Lipinski definition) is 4. The quantitative estimate of drug-likeness (QED) is 0.826. The second-order valence-corrected chi connectivity index (χ2v) is 8.24. The van der Waals surface area contributed by atoms with E-state index in [2.05, 4.69) is 40.2 Å². The number of anilines is 1. The average Bonchev–Trinajstić information content (AvgIpc) is 2.67. The van der Waals surface area contributed by atoms with Crippen LogP contribution in [-0.2, 0) is 23.0 Å². The van der Waals surface area contributed by atoms with E-state index in [0.29, 0.717) is 6.54 Å². The molecule has 0 radical (unpaired) electrons. The summed E-state index contributed by atoms with van der Waals surface area (Å²) in [5.74, 6) is 0. The first-order valence-corrected chi connectivity index (χ1v) is 9.08. The van der Waals surface area contributed by atoms with Gasteiger partial charge in [-0.1, -0.05) is 12.1 Å². The Bertz CT molecular complexity index is 611. The summed E-state index contributed by atoms with van der Waals surface area (Å²) >= 11 is 0. The van der Waals surface area contributed by atoms with Crippen LogP contribution in [0.2, 0.25) is 0 Å². The molecule has 0 saturated heterocycles. The van der Waals surface area contributed by atoms with Crippen molar-refractivity contribution in [3.63, 3.8) is 0 Å². The summed E-state index contributed by atoms with van der Waals surface area (Å²) < 4.78 is 25.2. The maximum atomic E-state index is 11.3. The Balaban J connectivity index is 1.89. The third-order valence-electron chi connectivity index (χ3n) is 3.63. The van der Waals surface area contributed by atoms with Gasteiger partial charge < -0.3 is 10.2 Å². The zero-order valence-electron chi connectivity index (χ0n) is 13.2. The molecular formula is C15H25N3O2S. The van der Waals surface area contributed by atoms with Crippen molar-refractivity contribution in [1.29, 1.82) is 0 Å². The van der Waals surface area contributed by atoms with Gasteiger partial charge in [0.25, 0.3) is 0 Å². The number of rotatable bonds is 6.